The van der Waals surface area contributed by atoms with Gasteiger partial charge < -0.3 is 9.64 Å². The average molecular weight is 420 g/mol. The highest BCUT2D eigenvalue weighted by Gasteiger charge is 2.24. The molecule has 3 aromatic carbocycles. The fourth-order valence-electron chi connectivity index (χ4n) is 3.26. The van der Waals surface area contributed by atoms with Gasteiger partial charge in [-0.1, -0.05) is 72.3 Å². The zero-order chi connectivity index (χ0) is 21.5. The Morgan fingerprint density at radius 2 is 1.37 bits per heavy atom. The Morgan fingerprint density at radius 1 is 0.833 bits per heavy atom. The van der Waals surface area contributed by atoms with Gasteiger partial charge >= 0.3 is 5.97 Å². The van der Waals surface area contributed by atoms with E-state index in [0.717, 1.165) is 11.1 Å². The van der Waals surface area contributed by atoms with Crippen LogP contribution in [0.5, 0.6) is 0 Å². The summed E-state index contributed by atoms with van der Waals surface area (Å²) in [7, 11) is 1.34. The van der Waals surface area contributed by atoms with Crippen molar-refractivity contribution in [3.8, 4) is 0 Å². The van der Waals surface area contributed by atoms with Crippen LogP contribution < -0.4 is 4.90 Å². The highest BCUT2D eigenvalue weighted by molar-refractivity contribution is 6.30. The molecule has 30 heavy (non-hydrogen) atoms. The molecule has 0 aliphatic rings. The van der Waals surface area contributed by atoms with Crippen LogP contribution >= 0.6 is 11.6 Å². The second-order valence-corrected chi connectivity index (χ2v) is 7.10. The Hall–Kier alpha value is -3.37. The van der Waals surface area contributed by atoms with Crippen LogP contribution in [0.25, 0.3) is 5.57 Å². The first-order valence-electron chi connectivity index (χ1n) is 9.47. The lowest BCUT2D eigenvalue weighted by atomic mass is 9.92. The van der Waals surface area contributed by atoms with Crippen LogP contribution in [0.2, 0.25) is 5.02 Å². The van der Waals surface area contributed by atoms with Crippen LogP contribution in [0.15, 0.2) is 90.5 Å². The van der Waals surface area contributed by atoms with Gasteiger partial charge in [0, 0.05) is 23.2 Å². The lowest BCUT2D eigenvalue weighted by Gasteiger charge is -2.24. The first-order chi connectivity index (χ1) is 14.5. The topological polar surface area (TPSA) is 46.6 Å². The maximum Gasteiger partial charge on any atom is 0.336 e. The summed E-state index contributed by atoms with van der Waals surface area (Å²) < 4.78 is 5.12. The van der Waals surface area contributed by atoms with Gasteiger partial charge in [0.2, 0.25) is 5.91 Å². The molecule has 0 aromatic heterocycles. The zero-order valence-corrected chi connectivity index (χ0v) is 17.6. The SMILES string of the molecule is COC(=O)/C(CN(C(C)=O)c1ccccc1)=C(\c1ccccc1)c1ccc(Cl)cc1. The number of rotatable bonds is 6. The number of halogens is 1. The van der Waals surface area contributed by atoms with E-state index in [1.807, 2.05) is 72.8 Å². The van der Waals surface area contributed by atoms with Crippen LogP contribution in [0.1, 0.15) is 18.1 Å². The molecule has 0 bridgehead atoms. The Labute approximate surface area is 181 Å². The quantitative estimate of drug-likeness (QED) is 0.398. The molecule has 0 unspecified atom stereocenters. The molecule has 152 valence electrons. The van der Waals surface area contributed by atoms with Gasteiger partial charge in [0.05, 0.1) is 19.2 Å². The number of hydrogen-bond donors (Lipinski definition) is 0. The normalized spacial score (nSPS) is 11.4. The van der Waals surface area contributed by atoms with E-state index in [0.29, 0.717) is 21.9 Å². The maximum absolute atomic E-state index is 12.9. The minimum Gasteiger partial charge on any atom is -0.466 e. The van der Waals surface area contributed by atoms with Crippen LogP contribution in [0, 0.1) is 0 Å². The van der Waals surface area contributed by atoms with Gasteiger partial charge in [-0.3, -0.25) is 4.79 Å². The lowest BCUT2D eigenvalue weighted by molar-refractivity contribution is -0.136. The summed E-state index contributed by atoms with van der Waals surface area (Å²) in [5.41, 5.74) is 3.43. The molecular formula is C25H22ClNO3. The van der Waals surface area contributed by atoms with E-state index in [-0.39, 0.29) is 12.5 Å². The second kappa shape index (κ2) is 9.90. The molecule has 0 aliphatic carbocycles. The Balaban J connectivity index is 2.22. The highest BCUT2D eigenvalue weighted by Crippen LogP contribution is 2.30. The van der Waals surface area contributed by atoms with Gasteiger partial charge in [0.25, 0.3) is 0 Å². The number of hydrogen-bond acceptors (Lipinski definition) is 3. The molecule has 0 aliphatic heterocycles. The molecule has 0 N–H and O–H groups in total. The first-order valence-corrected chi connectivity index (χ1v) is 9.85. The van der Waals surface area contributed by atoms with Crippen LogP contribution in [-0.2, 0) is 14.3 Å². The van der Waals surface area contributed by atoms with Crippen LogP contribution in [0.4, 0.5) is 5.69 Å². The largest absolute Gasteiger partial charge is 0.466 e. The van der Waals surface area contributed by atoms with E-state index in [4.69, 9.17) is 16.3 Å². The molecule has 0 saturated carbocycles. The highest BCUT2D eigenvalue weighted by atomic mass is 35.5. The average Bonchev–Trinajstić information content (AvgIpc) is 2.78. The molecule has 0 fully saturated rings. The van der Waals surface area contributed by atoms with E-state index in [1.54, 1.807) is 17.0 Å². The van der Waals surface area contributed by atoms with Gasteiger partial charge in [0.1, 0.15) is 0 Å². The van der Waals surface area contributed by atoms with E-state index in [9.17, 15) is 9.59 Å². The lowest BCUT2D eigenvalue weighted by Crippen LogP contribution is -2.33. The van der Waals surface area contributed by atoms with Crippen molar-refractivity contribution in [2.24, 2.45) is 0 Å². The number of para-hydroxylation sites is 1. The number of ether oxygens (including phenoxy) is 1. The Morgan fingerprint density at radius 3 is 1.90 bits per heavy atom. The summed E-state index contributed by atoms with van der Waals surface area (Å²) in [4.78, 5) is 26.9. The number of methoxy groups -OCH3 is 1. The van der Waals surface area contributed by atoms with Crippen LogP contribution in [-0.4, -0.2) is 25.5 Å². The van der Waals surface area contributed by atoms with Gasteiger partial charge in [-0.2, -0.15) is 0 Å². The third kappa shape index (κ3) is 4.97. The predicted molar refractivity (Wildman–Crippen MR) is 120 cm³/mol. The van der Waals surface area contributed by atoms with Crippen molar-refractivity contribution >= 4 is 34.7 Å². The summed E-state index contributed by atoms with van der Waals surface area (Å²) >= 11 is 6.08. The molecule has 0 saturated heterocycles. The van der Waals surface area contributed by atoms with E-state index in [2.05, 4.69) is 0 Å². The second-order valence-electron chi connectivity index (χ2n) is 6.66. The molecule has 4 nitrogen and oxygen atoms in total. The third-order valence-electron chi connectivity index (χ3n) is 4.69. The summed E-state index contributed by atoms with van der Waals surface area (Å²) in [5, 5.41) is 0.598. The summed E-state index contributed by atoms with van der Waals surface area (Å²) in [5.74, 6) is -0.669. The van der Waals surface area contributed by atoms with Crippen molar-refractivity contribution in [1.82, 2.24) is 0 Å². The minimum absolute atomic E-state index is 0.0683. The molecule has 0 heterocycles. The van der Waals surface area contributed by atoms with Crippen molar-refractivity contribution in [2.75, 3.05) is 18.6 Å². The maximum atomic E-state index is 12.9. The number of anilines is 1. The monoisotopic (exact) mass is 419 g/mol. The summed E-state index contributed by atoms with van der Waals surface area (Å²) in [6.07, 6.45) is 0. The number of amides is 1. The predicted octanol–water partition coefficient (Wildman–Crippen LogP) is 5.37. The molecule has 3 rings (SSSR count). The van der Waals surface area contributed by atoms with E-state index >= 15 is 0 Å². The fourth-order valence-corrected chi connectivity index (χ4v) is 3.38. The minimum atomic E-state index is -0.494. The standard InChI is InChI=1S/C25H22ClNO3/c1-18(28)27(22-11-7-4-8-12-22)17-23(25(29)30-2)24(19-9-5-3-6-10-19)20-13-15-21(26)16-14-20/h3-16H,17H2,1-2H3/b24-23+. The van der Waals surface area contributed by atoms with Crippen molar-refractivity contribution < 1.29 is 14.3 Å². The van der Waals surface area contributed by atoms with Gasteiger partial charge in [-0.15, -0.1) is 0 Å². The number of esters is 1. The molecule has 1 amide bonds. The smallest absolute Gasteiger partial charge is 0.336 e. The molecular weight excluding hydrogens is 398 g/mol. The van der Waals surface area contributed by atoms with Crippen molar-refractivity contribution in [3.05, 3.63) is 107 Å². The molecule has 0 atom stereocenters. The Bertz CT molecular complexity index is 1040. The number of carbonyl (C=O) groups is 2. The molecule has 0 radical (unpaired) electrons. The number of nitrogens with zero attached hydrogens (tertiary/aromatic N) is 1. The van der Waals surface area contributed by atoms with Gasteiger partial charge in [-0.25, -0.2) is 4.79 Å². The summed E-state index contributed by atoms with van der Waals surface area (Å²) in [6, 6.07) is 26.1. The molecule has 3 aromatic rings. The number of carbonyl (C=O) groups excluding carboxylic acids is 2. The van der Waals surface area contributed by atoms with Crippen molar-refractivity contribution in [3.63, 3.8) is 0 Å². The van der Waals surface area contributed by atoms with Gasteiger partial charge in [0.15, 0.2) is 0 Å². The Kier molecular flexibility index (Phi) is 7.04. The number of benzene rings is 3. The van der Waals surface area contributed by atoms with E-state index in [1.165, 1.54) is 14.0 Å². The third-order valence-corrected chi connectivity index (χ3v) is 4.95. The molecule has 0 spiro atoms. The summed E-state index contributed by atoms with van der Waals surface area (Å²) in [6.45, 7) is 1.55. The van der Waals surface area contributed by atoms with E-state index < -0.39 is 5.97 Å². The van der Waals surface area contributed by atoms with Crippen LogP contribution in [0.3, 0.4) is 0 Å². The molecule has 5 heteroatoms. The van der Waals surface area contributed by atoms with Gasteiger partial charge in [-0.05, 0) is 35.4 Å². The van der Waals surface area contributed by atoms with Crippen molar-refractivity contribution in [1.29, 1.82) is 0 Å². The fraction of sp³-hybridized carbons (Fsp3) is 0.120. The first kappa shape index (κ1) is 21.3. The van der Waals surface area contributed by atoms with Crippen molar-refractivity contribution in [2.45, 2.75) is 6.92 Å². The zero-order valence-electron chi connectivity index (χ0n) is 16.8.